The summed E-state index contributed by atoms with van der Waals surface area (Å²) in [6, 6.07) is 13.8. The third kappa shape index (κ3) is 6.66. The zero-order valence-electron chi connectivity index (χ0n) is 23.8. The van der Waals surface area contributed by atoms with Gasteiger partial charge in [-0.15, -0.1) is 0 Å². The highest BCUT2D eigenvalue weighted by Crippen LogP contribution is 2.35. The van der Waals surface area contributed by atoms with Gasteiger partial charge in [0.2, 0.25) is 11.8 Å². The number of hydrogen-bond donors (Lipinski definition) is 0. The van der Waals surface area contributed by atoms with Crippen LogP contribution in [0.2, 0.25) is 0 Å². The summed E-state index contributed by atoms with van der Waals surface area (Å²) in [4.78, 5) is 28.0. The summed E-state index contributed by atoms with van der Waals surface area (Å²) in [6.45, 7) is 5.59. The van der Waals surface area contributed by atoms with Gasteiger partial charge in [0.1, 0.15) is 11.5 Å². The Kier molecular flexibility index (Phi) is 9.23. The van der Waals surface area contributed by atoms with Crippen molar-refractivity contribution in [2.24, 2.45) is 5.92 Å². The molecule has 2 fully saturated rings. The lowest BCUT2D eigenvalue weighted by atomic mass is 9.88. The summed E-state index contributed by atoms with van der Waals surface area (Å²) in [6.07, 6.45) is 11.0. The molecule has 0 N–H and O–H groups in total. The number of likely N-dealkylation sites (tertiary alicyclic amines) is 1. The number of carbonyl (C=O) groups excluding carboxylic acids is 2. The Morgan fingerprint density at radius 2 is 1.82 bits per heavy atom. The first-order valence-electron chi connectivity index (χ1n) is 15.0. The number of hydrogen-bond acceptors (Lipinski definition) is 5. The minimum atomic E-state index is -0.0401. The molecule has 3 aliphatic rings. The topological polar surface area (TPSA) is 59.1 Å². The number of nitrogens with zero attached hydrogens (tertiary/aromatic N) is 2. The summed E-state index contributed by atoms with van der Waals surface area (Å²) < 4.78 is 11.6. The predicted octanol–water partition coefficient (Wildman–Crippen LogP) is 6.25. The van der Waals surface area contributed by atoms with Gasteiger partial charge in [-0.05, 0) is 72.4 Å². The maximum absolute atomic E-state index is 11.9. The second-order valence-electron chi connectivity index (χ2n) is 11.5. The van der Waals surface area contributed by atoms with Crippen LogP contribution in [0.3, 0.4) is 0 Å². The fraction of sp³-hybridized carbons (Fsp3) is 0.576. The van der Waals surface area contributed by atoms with Crippen molar-refractivity contribution in [1.29, 1.82) is 0 Å². The lowest BCUT2D eigenvalue weighted by Crippen LogP contribution is -2.33. The van der Waals surface area contributed by atoms with Crippen LogP contribution >= 0.6 is 0 Å². The van der Waals surface area contributed by atoms with E-state index in [1.54, 1.807) is 7.11 Å². The van der Waals surface area contributed by atoms with Gasteiger partial charge in [-0.2, -0.15) is 0 Å². The van der Waals surface area contributed by atoms with Crippen molar-refractivity contribution in [3.05, 3.63) is 58.7 Å². The van der Waals surface area contributed by atoms with Gasteiger partial charge in [0.15, 0.2) is 0 Å². The first-order valence-corrected chi connectivity index (χ1v) is 15.0. The largest absolute Gasteiger partial charge is 0.496 e. The lowest BCUT2D eigenvalue weighted by Gasteiger charge is -2.36. The zero-order chi connectivity index (χ0) is 27.2. The van der Waals surface area contributed by atoms with E-state index < -0.39 is 0 Å². The average molecular weight is 533 g/mol. The minimum Gasteiger partial charge on any atom is -0.496 e. The number of carbonyl (C=O) groups is 2. The van der Waals surface area contributed by atoms with Crippen LogP contribution in [0.25, 0.3) is 0 Å². The predicted molar refractivity (Wildman–Crippen MR) is 153 cm³/mol. The zero-order valence-corrected chi connectivity index (χ0v) is 23.8. The molecule has 0 aromatic heterocycles. The van der Waals surface area contributed by atoms with Gasteiger partial charge in [-0.25, -0.2) is 0 Å². The summed E-state index contributed by atoms with van der Waals surface area (Å²) in [5, 5.41) is 0. The number of aryl methyl sites for hydroxylation is 1. The minimum absolute atomic E-state index is 0.0401. The van der Waals surface area contributed by atoms with Gasteiger partial charge >= 0.3 is 0 Å². The number of benzene rings is 2. The smallest absolute Gasteiger partial charge is 0.229 e. The van der Waals surface area contributed by atoms with Crippen molar-refractivity contribution in [3.63, 3.8) is 0 Å². The van der Waals surface area contributed by atoms with Crippen molar-refractivity contribution in [3.8, 4) is 11.5 Å². The van der Waals surface area contributed by atoms with Crippen molar-refractivity contribution in [1.82, 2.24) is 9.80 Å². The molecule has 2 amide bonds. The van der Waals surface area contributed by atoms with Gasteiger partial charge in [0, 0.05) is 44.9 Å². The van der Waals surface area contributed by atoms with Crippen LogP contribution in [-0.2, 0) is 29.0 Å². The molecule has 39 heavy (non-hydrogen) atoms. The van der Waals surface area contributed by atoms with E-state index in [0.29, 0.717) is 25.4 Å². The second kappa shape index (κ2) is 13.0. The Balaban J connectivity index is 1.31. The van der Waals surface area contributed by atoms with Gasteiger partial charge in [0.05, 0.1) is 13.7 Å². The molecule has 2 aromatic rings. The van der Waals surface area contributed by atoms with E-state index in [-0.39, 0.29) is 11.8 Å². The molecule has 210 valence electrons. The Hall–Kier alpha value is -2.86. The van der Waals surface area contributed by atoms with E-state index in [0.717, 1.165) is 68.4 Å². The quantitative estimate of drug-likeness (QED) is 0.303. The highest BCUT2D eigenvalue weighted by molar-refractivity contribution is 6.01. The second-order valence-corrected chi connectivity index (χ2v) is 11.5. The van der Waals surface area contributed by atoms with E-state index in [9.17, 15) is 9.59 Å². The Morgan fingerprint density at radius 1 is 1.03 bits per heavy atom. The van der Waals surface area contributed by atoms with Crippen LogP contribution < -0.4 is 9.47 Å². The molecular formula is C33H44N2O4. The third-order valence-electron chi connectivity index (χ3n) is 8.86. The molecule has 1 aliphatic carbocycles. The van der Waals surface area contributed by atoms with Gasteiger partial charge in [0.25, 0.3) is 0 Å². The number of ether oxygens (including phenoxy) is 2. The molecule has 2 heterocycles. The van der Waals surface area contributed by atoms with Crippen LogP contribution in [-0.4, -0.2) is 48.4 Å². The lowest BCUT2D eigenvalue weighted by molar-refractivity contribution is -0.138. The maximum Gasteiger partial charge on any atom is 0.229 e. The normalized spacial score (nSPS) is 18.5. The molecule has 6 nitrogen and oxygen atoms in total. The summed E-state index contributed by atoms with van der Waals surface area (Å²) in [7, 11) is 1.73. The van der Waals surface area contributed by atoms with Crippen LogP contribution in [0.5, 0.6) is 11.5 Å². The van der Waals surface area contributed by atoms with E-state index in [2.05, 4.69) is 48.2 Å². The molecule has 1 atom stereocenters. The Bertz CT molecular complexity index is 1140. The summed E-state index contributed by atoms with van der Waals surface area (Å²) >= 11 is 0. The van der Waals surface area contributed by atoms with Crippen LogP contribution in [0.1, 0.15) is 93.0 Å². The molecule has 2 aliphatic heterocycles. The number of amides is 2. The molecule has 1 saturated carbocycles. The van der Waals surface area contributed by atoms with Gasteiger partial charge in [-0.3, -0.25) is 19.4 Å². The first-order chi connectivity index (χ1) is 19.1. The van der Waals surface area contributed by atoms with E-state index in [1.165, 1.54) is 53.7 Å². The van der Waals surface area contributed by atoms with Crippen LogP contribution in [0.4, 0.5) is 0 Å². The van der Waals surface area contributed by atoms with E-state index in [4.69, 9.17) is 9.47 Å². The third-order valence-corrected chi connectivity index (χ3v) is 8.86. The van der Waals surface area contributed by atoms with Crippen molar-refractivity contribution in [2.45, 2.75) is 90.1 Å². The van der Waals surface area contributed by atoms with E-state index >= 15 is 0 Å². The summed E-state index contributed by atoms with van der Waals surface area (Å²) in [5.41, 5.74) is 5.13. The van der Waals surface area contributed by atoms with Gasteiger partial charge < -0.3 is 9.47 Å². The van der Waals surface area contributed by atoms with Crippen LogP contribution in [0.15, 0.2) is 36.4 Å². The molecule has 5 rings (SSSR count). The molecule has 0 bridgehead atoms. The monoisotopic (exact) mass is 532 g/mol. The number of imide groups is 1. The van der Waals surface area contributed by atoms with Crippen molar-refractivity contribution < 1.29 is 19.1 Å². The van der Waals surface area contributed by atoms with Gasteiger partial charge in [-0.1, -0.05) is 50.5 Å². The molecule has 0 spiro atoms. The Morgan fingerprint density at radius 3 is 2.56 bits per heavy atom. The molecule has 1 unspecified atom stereocenters. The van der Waals surface area contributed by atoms with Crippen molar-refractivity contribution >= 4 is 11.8 Å². The van der Waals surface area contributed by atoms with E-state index in [1.807, 2.05) is 0 Å². The van der Waals surface area contributed by atoms with Crippen molar-refractivity contribution in [2.75, 3.05) is 26.8 Å². The van der Waals surface area contributed by atoms with Crippen LogP contribution in [0, 0.1) is 5.92 Å². The number of rotatable bonds is 12. The highest BCUT2D eigenvalue weighted by Gasteiger charge is 2.28. The molecule has 0 radical (unpaired) electrons. The maximum atomic E-state index is 11.9. The fourth-order valence-electron chi connectivity index (χ4n) is 6.75. The summed E-state index contributed by atoms with van der Waals surface area (Å²) in [5.74, 6) is 2.62. The molecule has 1 saturated heterocycles. The standard InChI is InChI=1S/C33H44N2O4/c1-3-29(27-13-14-30-28(21-27)17-19-39-30)34(22-24-8-5-4-6-9-24)23-25-11-12-26(31(20-25)38-2)10-7-18-35-32(36)15-16-33(35)37/h11-14,20-21,24,29H,3-10,15-19,22-23H2,1-2H3. The number of methoxy groups -OCH3 is 1. The average Bonchev–Trinajstić information content (AvgIpc) is 3.56. The molecule has 6 heteroatoms. The Labute approximate surface area is 233 Å². The first kappa shape index (κ1) is 27.7. The number of fused-ring (bicyclic) bond motifs is 1. The highest BCUT2D eigenvalue weighted by atomic mass is 16.5. The SMILES string of the molecule is CCC(c1ccc2c(c1)CCO2)N(Cc1ccc(CCCN2C(=O)CCC2=O)c(OC)c1)CC1CCCCC1. The molecular weight excluding hydrogens is 488 g/mol. The molecule has 2 aromatic carbocycles. The fourth-order valence-corrected chi connectivity index (χ4v) is 6.75.